The molecule has 0 aliphatic carbocycles. The summed E-state index contributed by atoms with van der Waals surface area (Å²) in [4.78, 5) is 46.8. The molecule has 1 aliphatic rings. The van der Waals surface area contributed by atoms with Gasteiger partial charge in [-0.3, -0.25) is 14.9 Å². The third-order valence-corrected chi connectivity index (χ3v) is 4.72. The number of aromatic nitrogens is 2. The van der Waals surface area contributed by atoms with Crippen molar-refractivity contribution in [1.29, 1.82) is 0 Å². The molecule has 1 aliphatic heterocycles. The molecule has 1 saturated heterocycles. The zero-order valence-corrected chi connectivity index (χ0v) is 17.2. The molecular weight excluding hydrogens is 392 g/mol. The molecule has 0 bridgehead atoms. The van der Waals surface area contributed by atoms with Crippen LogP contribution in [0.25, 0.3) is 15.9 Å². The number of amides is 1. The Morgan fingerprint density at radius 3 is 2.43 bits per heavy atom. The highest BCUT2D eigenvalue weighted by atomic mass is 16.6. The number of aryl methyl sites for hydroxylation is 1. The van der Waals surface area contributed by atoms with Crippen LogP contribution in [-0.4, -0.2) is 57.2 Å². The number of carbonyl (C=O) groups is 1. The summed E-state index contributed by atoms with van der Waals surface area (Å²) in [5.41, 5.74) is -1.30. The topological polar surface area (TPSA) is 115 Å². The number of fused-ring (bicyclic) bond motifs is 1. The van der Waals surface area contributed by atoms with Crippen molar-refractivity contribution in [2.75, 3.05) is 31.1 Å². The van der Waals surface area contributed by atoms with E-state index in [2.05, 4.69) is 9.83 Å². The number of carbonyl (C=O) groups excluding carboxylic acids is 1. The predicted molar refractivity (Wildman–Crippen MR) is 110 cm³/mol. The molecule has 11 nitrogen and oxygen atoms in total. The highest BCUT2D eigenvalue weighted by Gasteiger charge is 2.34. The fourth-order valence-electron chi connectivity index (χ4n) is 3.33. The normalized spacial score (nSPS) is 14.5. The molecule has 0 spiro atoms. The number of nitro groups is 1. The van der Waals surface area contributed by atoms with Gasteiger partial charge in [0.15, 0.2) is 5.69 Å². The summed E-state index contributed by atoms with van der Waals surface area (Å²) in [5, 5.41) is 11.8. The van der Waals surface area contributed by atoms with Crippen molar-refractivity contribution in [2.24, 2.45) is 7.05 Å². The van der Waals surface area contributed by atoms with E-state index in [4.69, 9.17) is 11.3 Å². The zero-order valence-electron chi connectivity index (χ0n) is 17.2. The molecule has 1 fully saturated rings. The van der Waals surface area contributed by atoms with E-state index >= 15 is 0 Å². The van der Waals surface area contributed by atoms with Gasteiger partial charge in [-0.25, -0.2) is 4.79 Å². The maximum Gasteiger partial charge on any atom is 0.410 e. The van der Waals surface area contributed by atoms with Crippen molar-refractivity contribution in [3.05, 3.63) is 44.0 Å². The number of pyridine rings is 2. The fraction of sp³-hybridized carbons (Fsp3) is 0.474. The first kappa shape index (κ1) is 21.0. The Labute approximate surface area is 172 Å². The van der Waals surface area contributed by atoms with E-state index in [0.29, 0.717) is 5.52 Å². The van der Waals surface area contributed by atoms with Crippen LogP contribution < -0.4 is 10.5 Å². The fourth-order valence-corrected chi connectivity index (χ4v) is 3.33. The molecule has 3 heterocycles. The van der Waals surface area contributed by atoms with E-state index < -0.39 is 27.9 Å². The molecule has 0 saturated carbocycles. The van der Waals surface area contributed by atoms with Gasteiger partial charge in [-0.05, 0) is 32.9 Å². The Bertz CT molecular complexity index is 1120. The van der Waals surface area contributed by atoms with Crippen LogP contribution in [0.1, 0.15) is 20.8 Å². The lowest BCUT2D eigenvalue weighted by Crippen LogP contribution is -2.50. The van der Waals surface area contributed by atoms with Crippen molar-refractivity contribution >= 4 is 34.3 Å². The summed E-state index contributed by atoms with van der Waals surface area (Å²) < 4.78 is 6.54. The molecule has 1 amide bonds. The van der Waals surface area contributed by atoms with Gasteiger partial charge < -0.3 is 23.9 Å². The van der Waals surface area contributed by atoms with Gasteiger partial charge in [-0.1, -0.05) is 6.57 Å². The van der Waals surface area contributed by atoms with Crippen LogP contribution in [0.4, 0.5) is 22.0 Å². The number of rotatable bonds is 2. The monoisotopic (exact) mass is 414 g/mol. The number of anilines is 1. The second-order valence-corrected chi connectivity index (χ2v) is 7.92. The highest BCUT2D eigenvalue weighted by Crippen LogP contribution is 2.34. The van der Waals surface area contributed by atoms with E-state index in [1.165, 1.54) is 18.0 Å². The molecule has 11 heteroatoms. The van der Waals surface area contributed by atoms with Crippen LogP contribution in [-0.2, 0) is 11.8 Å². The number of piperazine rings is 1. The molecule has 2 aromatic rings. The Balaban J connectivity index is 2.04. The third kappa shape index (κ3) is 3.89. The second kappa shape index (κ2) is 7.62. The van der Waals surface area contributed by atoms with Gasteiger partial charge in [0, 0.05) is 33.2 Å². The molecule has 0 radical (unpaired) electrons. The number of ether oxygens (including phenoxy) is 1. The van der Waals surface area contributed by atoms with Crippen LogP contribution in [0.2, 0.25) is 0 Å². The van der Waals surface area contributed by atoms with Gasteiger partial charge in [0.05, 0.1) is 10.4 Å². The first-order valence-electron chi connectivity index (χ1n) is 9.32. The highest BCUT2D eigenvalue weighted by molar-refractivity contribution is 5.94. The molecule has 30 heavy (non-hydrogen) atoms. The first-order chi connectivity index (χ1) is 14.0. The van der Waals surface area contributed by atoms with Gasteiger partial charge in [0.25, 0.3) is 5.82 Å². The lowest BCUT2D eigenvalue weighted by Gasteiger charge is -2.36. The van der Waals surface area contributed by atoms with E-state index in [0.717, 1.165) is 4.57 Å². The van der Waals surface area contributed by atoms with E-state index in [9.17, 15) is 19.7 Å². The molecule has 0 unspecified atom stereocenters. The number of nitrogens with zero attached hydrogens (tertiary/aromatic N) is 6. The summed E-state index contributed by atoms with van der Waals surface area (Å²) in [6.07, 6.45) is -0.459. The predicted octanol–water partition coefficient (Wildman–Crippen LogP) is 2.45. The van der Waals surface area contributed by atoms with Gasteiger partial charge in [0.1, 0.15) is 5.60 Å². The van der Waals surface area contributed by atoms with Crippen LogP contribution in [0.15, 0.2) is 16.9 Å². The molecular formula is C19H22N6O5. The maximum absolute atomic E-state index is 12.7. The van der Waals surface area contributed by atoms with Crippen LogP contribution >= 0.6 is 0 Å². The molecule has 0 N–H and O–H groups in total. The SMILES string of the molecule is [C-]#[N+]c1ccc2c(n1)c(N1CCN(C(=O)OC(C)(C)C)CC1)c([N+](=O)[O-])c(=O)n2C. The minimum atomic E-state index is -0.755. The van der Waals surface area contributed by atoms with Gasteiger partial charge in [0.2, 0.25) is 5.52 Å². The number of hydrogen-bond acceptors (Lipinski definition) is 7. The molecule has 2 aromatic heterocycles. The molecule has 158 valence electrons. The average molecular weight is 414 g/mol. The van der Waals surface area contributed by atoms with E-state index in [-0.39, 0.29) is 43.2 Å². The van der Waals surface area contributed by atoms with Gasteiger partial charge in [-0.2, -0.15) is 0 Å². The Morgan fingerprint density at radius 2 is 1.90 bits per heavy atom. The van der Waals surface area contributed by atoms with E-state index in [1.54, 1.807) is 31.7 Å². The maximum atomic E-state index is 12.7. The van der Waals surface area contributed by atoms with Crippen LogP contribution in [0.3, 0.4) is 0 Å². The first-order valence-corrected chi connectivity index (χ1v) is 9.32. The van der Waals surface area contributed by atoms with Crippen LogP contribution in [0.5, 0.6) is 0 Å². The smallest absolute Gasteiger partial charge is 0.410 e. The molecule has 0 atom stereocenters. The molecule has 3 rings (SSSR count). The van der Waals surface area contributed by atoms with Crippen molar-refractivity contribution < 1.29 is 14.5 Å². The van der Waals surface area contributed by atoms with Crippen molar-refractivity contribution in [3.8, 4) is 0 Å². The standard InChI is InChI=1S/C19H22N6O5/c1-19(2,3)30-18(27)24-10-8-23(9-11-24)15-14-12(6-7-13(20-4)21-14)22(5)17(26)16(15)25(28)29/h6-7H,8-11H2,1-3,5H3. The lowest BCUT2D eigenvalue weighted by molar-refractivity contribution is -0.385. The Morgan fingerprint density at radius 1 is 1.27 bits per heavy atom. The minimum absolute atomic E-state index is 0.0732. The van der Waals surface area contributed by atoms with Crippen molar-refractivity contribution in [2.45, 2.75) is 26.4 Å². The summed E-state index contributed by atoms with van der Waals surface area (Å²) in [5.74, 6) is 0.0732. The number of hydrogen-bond donors (Lipinski definition) is 0. The zero-order chi connectivity index (χ0) is 22.2. The molecule has 0 aromatic carbocycles. The van der Waals surface area contributed by atoms with Crippen molar-refractivity contribution in [3.63, 3.8) is 0 Å². The third-order valence-electron chi connectivity index (χ3n) is 4.72. The average Bonchev–Trinajstić information content (AvgIpc) is 2.68. The van der Waals surface area contributed by atoms with E-state index in [1.807, 2.05) is 0 Å². The Hall–Kier alpha value is -3.68. The Kier molecular flexibility index (Phi) is 5.35. The van der Waals surface area contributed by atoms with Crippen LogP contribution in [0, 0.1) is 16.7 Å². The van der Waals surface area contributed by atoms with Gasteiger partial charge >= 0.3 is 17.3 Å². The van der Waals surface area contributed by atoms with Crippen molar-refractivity contribution in [1.82, 2.24) is 14.5 Å². The van der Waals surface area contributed by atoms with Gasteiger partial charge in [-0.15, -0.1) is 4.98 Å². The summed E-state index contributed by atoms with van der Waals surface area (Å²) in [6.45, 7) is 13.6. The largest absolute Gasteiger partial charge is 0.444 e. The quantitative estimate of drug-likeness (QED) is 0.421. The second-order valence-electron chi connectivity index (χ2n) is 7.92. The minimum Gasteiger partial charge on any atom is -0.444 e. The summed E-state index contributed by atoms with van der Waals surface area (Å²) in [7, 11) is 1.43. The summed E-state index contributed by atoms with van der Waals surface area (Å²) >= 11 is 0. The lowest BCUT2D eigenvalue weighted by atomic mass is 10.2. The summed E-state index contributed by atoms with van der Waals surface area (Å²) in [6, 6.07) is 3.02.